The van der Waals surface area contributed by atoms with Crippen LogP contribution < -0.4 is 11.1 Å². The third-order valence-corrected chi connectivity index (χ3v) is 2.29. The first kappa shape index (κ1) is 8.37. The maximum atomic E-state index is 5.78. The molecule has 0 aliphatic heterocycles. The highest BCUT2D eigenvalue weighted by Gasteiger charge is 2.21. The molecule has 1 heterocycles. The van der Waals surface area contributed by atoms with Crippen molar-refractivity contribution in [3.05, 3.63) is 12.4 Å². The Kier molecular flexibility index (Phi) is 2.35. The van der Waals surface area contributed by atoms with Gasteiger partial charge in [0.15, 0.2) is 0 Å². The van der Waals surface area contributed by atoms with Gasteiger partial charge in [-0.25, -0.2) is 4.98 Å². The van der Waals surface area contributed by atoms with Gasteiger partial charge < -0.3 is 11.1 Å². The monoisotopic (exact) mass is 179 g/mol. The van der Waals surface area contributed by atoms with Crippen LogP contribution in [0.15, 0.2) is 12.4 Å². The second kappa shape index (κ2) is 3.66. The zero-order chi connectivity index (χ0) is 9.10. The first-order valence-corrected chi connectivity index (χ1v) is 4.50. The minimum atomic E-state index is 0.328. The minimum Gasteiger partial charge on any atom is -0.350 e. The molecule has 0 spiro atoms. The first-order valence-electron chi connectivity index (χ1n) is 4.50. The average molecular weight is 179 g/mol. The molecular formula is C8H13N5. The van der Waals surface area contributed by atoms with Crippen LogP contribution in [0, 0.1) is 0 Å². The van der Waals surface area contributed by atoms with Crippen LogP contribution >= 0.6 is 0 Å². The summed E-state index contributed by atoms with van der Waals surface area (Å²) in [5, 5.41) is 10.8. The van der Waals surface area contributed by atoms with Gasteiger partial charge in [0, 0.05) is 12.1 Å². The van der Waals surface area contributed by atoms with E-state index in [0.29, 0.717) is 18.0 Å². The van der Waals surface area contributed by atoms with Gasteiger partial charge in [-0.2, -0.15) is 5.10 Å². The highest BCUT2D eigenvalue weighted by molar-refractivity contribution is 5.23. The van der Waals surface area contributed by atoms with Crippen molar-refractivity contribution in [2.24, 2.45) is 5.73 Å². The van der Waals surface area contributed by atoms with Crippen molar-refractivity contribution in [1.29, 1.82) is 0 Å². The second-order valence-electron chi connectivity index (χ2n) is 3.38. The molecule has 0 saturated heterocycles. The zero-order valence-electron chi connectivity index (χ0n) is 7.35. The molecule has 3 N–H and O–H groups in total. The molecule has 1 saturated carbocycles. The Morgan fingerprint density at radius 2 is 2.31 bits per heavy atom. The quantitative estimate of drug-likeness (QED) is 0.676. The molecule has 0 radical (unpaired) electrons. The van der Waals surface area contributed by atoms with Gasteiger partial charge in [-0.1, -0.05) is 0 Å². The first-order chi connectivity index (χ1) is 6.34. The van der Waals surface area contributed by atoms with Crippen LogP contribution in [0.4, 0.5) is 5.95 Å². The van der Waals surface area contributed by atoms with Gasteiger partial charge in [-0.05, 0) is 19.3 Å². The fourth-order valence-electron chi connectivity index (χ4n) is 1.64. The molecule has 0 amide bonds. The normalized spacial score (nSPS) is 27.5. The molecule has 1 aromatic heterocycles. The number of nitrogens with zero attached hydrogens (tertiary/aromatic N) is 3. The Morgan fingerprint density at radius 3 is 2.92 bits per heavy atom. The summed E-state index contributed by atoms with van der Waals surface area (Å²) in [5.41, 5.74) is 5.78. The number of anilines is 1. The Hall–Kier alpha value is -1.23. The van der Waals surface area contributed by atoms with Crippen LogP contribution in [0.5, 0.6) is 0 Å². The van der Waals surface area contributed by atoms with E-state index in [2.05, 4.69) is 20.5 Å². The van der Waals surface area contributed by atoms with Gasteiger partial charge in [-0.15, -0.1) is 5.10 Å². The number of nitrogens with two attached hydrogens (primary N) is 1. The zero-order valence-corrected chi connectivity index (χ0v) is 7.35. The van der Waals surface area contributed by atoms with Gasteiger partial charge >= 0.3 is 0 Å². The highest BCUT2D eigenvalue weighted by Crippen LogP contribution is 2.19. The summed E-state index contributed by atoms with van der Waals surface area (Å²) >= 11 is 0. The van der Waals surface area contributed by atoms with Crippen LogP contribution in [-0.2, 0) is 0 Å². The second-order valence-corrected chi connectivity index (χ2v) is 3.38. The van der Waals surface area contributed by atoms with Gasteiger partial charge in [0.05, 0.1) is 12.4 Å². The Balaban J connectivity index is 1.92. The molecule has 1 aromatic rings. The molecule has 0 aromatic carbocycles. The summed E-state index contributed by atoms with van der Waals surface area (Å²) in [7, 11) is 0. The third-order valence-electron chi connectivity index (χ3n) is 2.29. The minimum absolute atomic E-state index is 0.328. The summed E-state index contributed by atoms with van der Waals surface area (Å²) < 4.78 is 0. The molecule has 1 aliphatic rings. The van der Waals surface area contributed by atoms with Gasteiger partial charge in [0.1, 0.15) is 0 Å². The maximum Gasteiger partial charge on any atom is 0.242 e. The summed E-state index contributed by atoms with van der Waals surface area (Å²) in [6.07, 6.45) is 6.37. The van der Waals surface area contributed by atoms with Crippen LogP contribution in [-0.4, -0.2) is 27.3 Å². The van der Waals surface area contributed by atoms with Gasteiger partial charge in [-0.3, -0.25) is 0 Å². The molecule has 1 fully saturated rings. The van der Waals surface area contributed by atoms with Crippen LogP contribution in [0.25, 0.3) is 0 Å². The fraction of sp³-hybridized carbons (Fsp3) is 0.625. The molecule has 5 nitrogen and oxygen atoms in total. The Labute approximate surface area is 76.8 Å². The van der Waals surface area contributed by atoms with E-state index < -0.39 is 0 Å². The van der Waals surface area contributed by atoms with Gasteiger partial charge in [0.2, 0.25) is 5.95 Å². The van der Waals surface area contributed by atoms with E-state index >= 15 is 0 Å². The van der Waals surface area contributed by atoms with Crippen molar-refractivity contribution in [2.45, 2.75) is 31.3 Å². The largest absolute Gasteiger partial charge is 0.350 e. The van der Waals surface area contributed by atoms with Crippen LogP contribution in [0.3, 0.4) is 0 Å². The lowest BCUT2D eigenvalue weighted by Gasteiger charge is -2.10. The molecule has 2 unspecified atom stereocenters. The van der Waals surface area contributed by atoms with Crippen LogP contribution in [0.2, 0.25) is 0 Å². The van der Waals surface area contributed by atoms with E-state index in [1.165, 1.54) is 0 Å². The maximum absolute atomic E-state index is 5.78. The molecule has 5 heteroatoms. The molecule has 2 rings (SSSR count). The summed E-state index contributed by atoms with van der Waals surface area (Å²) in [4.78, 5) is 4.04. The lowest BCUT2D eigenvalue weighted by Crippen LogP contribution is -2.21. The lowest BCUT2D eigenvalue weighted by molar-refractivity contribution is 0.683. The van der Waals surface area contributed by atoms with Crippen molar-refractivity contribution in [3.63, 3.8) is 0 Å². The lowest BCUT2D eigenvalue weighted by atomic mass is 10.2. The van der Waals surface area contributed by atoms with Crippen molar-refractivity contribution >= 4 is 5.95 Å². The molecule has 0 bridgehead atoms. The van der Waals surface area contributed by atoms with E-state index in [-0.39, 0.29) is 0 Å². The van der Waals surface area contributed by atoms with E-state index in [0.717, 1.165) is 19.3 Å². The summed E-state index contributed by atoms with van der Waals surface area (Å²) in [6.45, 7) is 0. The predicted octanol–water partition coefficient (Wildman–Crippen LogP) is 0.163. The molecule has 2 atom stereocenters. The number of hydrogen-bond donors (Lipinski definition) is 2. The van der Waals surface area contributed by atoms with Crippen molar-refractivity contribution < 1.29 is 0 Å². The molecule has 13 heavy (non-hydrogen) atoms. The molecular weight excluding hydrogens is 166 g/mol. The number of rotatable bonds is 2. The third kappa shape index (κ3) is 2.12. The molecule has 70 valence electrons. The van der Waals surface area contributed by atoms with E-state index in [9.17, 15) is 0 Å². The summed E-state index contributed by atoms with van der Waals surface area (Å²) in [5.74, 6) is 0.599. The Bertz CT molecular complexity index is 262. The van der Waals surface area contributed by atoms with E-state index in [1.807, 2.05) is 0 Å². The standard InChI is InChI=1S/C8H13N5/c9-6-1-2-7(5-6)12-8-10-3-4-11-13-8/h3-4,6-7H,1-2,5,9H2,(H,10,12,13). The number of nitrogens with one attached hydrogen (secondary N) is 1. The fourth-order valence-corrected chi connectivity index (χ4v) is 1.64. The van der Waals surface area contributed by atoms with E-state index in [1.54, 1.807) is 12.4 Å². The van der Waals surface area contributed by atoms with Crippen molar-refractivity contribution in [2.75, 3.05) is 5.32 Å². The number of hydrogen-bond acceptors (Lipinski definition) is 5. The summed E-state index contributed by atoms with van der Waals surface area (Å²) in [6, 6.07) is 0.744. The van der Waals surface area contributed by atoms with Crippen LogP contribution in [0.1, 0.15) is 19.3 Å². The van der Waals surface area contributed by atoms with Crippen molar-refractivity contribution in [3.8, 4) is 0 Å². The predicted molar refractivity (Wildman–Crippen MR) is 49.1 cm³/mol. The SMILES string of the molecule is NC1CCC(Nc2nccnn2)C1. The smallest absolute Gasteiger partial charge is 0.242 e. The average Bonchev–Trinajstić information content (AvgIpc) is 2.53. The van der Waals surface area contributed by atoms with Gasteiger partial charge in [0.25, 0.3) is 0 Å². The van der Waals surface area contributed by atoms with Crippen molar-refractivity contribution in [1.82, 2.24) is 15.2 Å². The number of aromatic nitrogens is 3. The topological polar surface area (TPSA) is 76.7 Å². The molecule has 1 aliphatic carbocycles. The van der Waals surface area contributed by atoms with E-state index in [4.69, 9.17) is 5.73 Å². The highest BCUT2D eigenvalue weighted by atomic mass is 15.2. The Morgan fingerprint density at radius 1 is 1.38 bits per heavy atom.